The lowest BCUT2D eigenvalue weighted by atomic mass is 9.83. The Morgan fingerprint density at radius 1 is 1.67 bits per heavy atom. The first kappa shape index (κ1) is 11.0. The number of aromatic nitrogens is 2. The molecule has 1 atom stereocenters. The van der Waals surface area contributed by atoms with E-state index in [-0.39, 0.29) is 12.0 Å². The van der Waals surface area contributed by atoms with Crippen molar-refractivity contribution >= 4 is 11.5 Å². The standard InChI is InChI=1S/C10H17N3OS/c1-10(8-14)3-2-4-13(7-10)5-9-6-15-12-11-9/h6,14H,2-5,7-8H2,1H3. The van der Waals surface area contributed by atoms with Crippen molar-refractivity contribution in [3.05, 3.63) is 11.1 Å². The Bertz CT molecular complexity index is 304. The van der Waals surface area contributed by atoms with Crippen LogP contribution in [0, 0.1) is 5.41 Å². The summed E-state index contributed by atoms with van der Waals surface area (Å²) in [5.74, 6) is 0. The van der Waals surface area contributed by atoms with E-state index in [0.29, 0.717) is 0 Å². The largest absolute Gasteiger partial charge is 0.396 e. The molecular weight excluding hydrogens is 210 g/mol. The van der Waals surface area contributed by atoms with E-state index in [4.69, 9.17) is 0 Å². The summed E-state index contributed by atoms with van der Waals surface area (Å²) in [6, 6.07) is 0. The molecule has 1 aliphatic rings. The predicted octanol–water partition coefficient (Wildman–Crippen LogP) is 1.13. The Balaban J connectivity index is 1.93. The molecule has 1 aromatic heterocycles. The number of hydrogen-bond donors (Lipinski definition) is 1. The Labute approximate surface area is 94.1 Å². The van der Waals surface area contributed by atoms with Gasteiger partial charge in [0.05, 0.1) is 5.69 Å². The van der Waals surface area contributed by atoms with E-state index in [2.05, 4.69) is 21.4 Å². The zero-order valence-electron chi connectivity index (χ0n) is 9.02. The van der Waals surface area contributed by atoms with Crippen LogP contribution in [0.4, 0.5) is 0 Å². The number of nitrogens with zero attached hydrogens (tertiary/aromatic N) is 3. The zero-order chi connectivity index (χ0) is 10.7. The number of rotatable bonds is 3. The van der Waals surface area contributed by atoms with Crippen molar-refractivity contribution in [1.29, 1.82) is 0 Å². The monoisotopic (exact) mass is 227 g/mol. The van der Waals surface area contributed by atoms with E-state index in [1.807, 2.05) is 5.38 Å². The van der Waals surface area contributed by atoms with Crippen LogP contribution in [0.15, 0.2) is 5.38 Å². The zero-order valence-corrected chi connectivity index (χ0v) is 9.83. The third kappa shape index (κ3) is 2.74. The van der Waals surface area contributed by atoms with E-state index < -0.39 is 0 Å². The van der Waals surface area contributed by atoms with Gasteiger partial charge in [-0.25, -0.2) is 0 Å². The molecule has 0 aromatic carbocycles. The van der Waals surface area contributed by atoms with Gasteiger partial charge >= 0.3 is 0 Å². The molecular formula is C10H17N3OS. The van der Waals surface area contributed by atoms with E-state index in [9.17, 15) is 5.11 Å². The molecule has 0 aliphatic carbocycles. The summed E-state index contributed by atoms with van der Waals surface area (Å²) >= 11 is 1.40. The van der Waals surface area contributed by atoms with Crippen LogP contribution in [0.3, 0.4) is 0 Å². The van der Waals surface area contributed by atoms with Crippen molar-refractivity contribution in [2.75, 3.05) is 19.7 Å². The van der Waals surface area contributed by atoms with Crippen molar-refractivity contribution in [2.24, 2.45) is 5.41 Å². The summed E-state index contributed by atoms with van der Waals surface area (Å²) in [6.45, 7) is 5.36. The Hall–Kier alpha value is -0.520. The molecule has 1 saturated heterocycles. The van der Waals surface area contributed by atoms with E-state index in [1.165, 1.54) is 11.5 Å². The van der Waals surface area contributed by atoms with Crippen LogP contribution in [0.2, 0.25) is 0 Å². The van der Waals surface area contributed by atoms with Crippen LogP contribution in [0.5, 0.6) is 0 Å². The molecule has 1 N–H and O–H groups in total. The summed E-state index contributed by atoms with van der Waals surface area (Å²) in [7, 11) is 0. The molecule has 0 radical (unpaired) electrons. The van der Waals surface area contributed by atoms with Crippen LogP contribution >= 0.6 is 11.5 Å². The smallest absolute Gasteiger partial charge is 0.0895 e. The summed E-state index contributed by atoms with van der Waals surface area (Å²) in [4.78, 5) is 2.36. The highest BCUT2D eigenvalue weighted by atomic mass is 32.1. The van der Waals surface area contributed by atoms with Crippen molar-refractivity contribution in [1.82, 2.24) is 14.5 Å². The fraction of sp³-hybridized carbons (Fsp3) is 0.800. The first-order valence-electron chi connectivity index (χ1n) is 5.31. The SMILES string of the molecule is CC1(CO)CCCN(Cc2csnn2)C1. The quantitative estimate of drug-likeness (QED) is 0.841. The average molecular weight is 227 g/mol. The lowest BCUT2D eigenvalue weighted by Crippen LogP contribution is -2.43. The van der Waals surface area contributed by atoms with Crippen molar-refractivity contribution in [3.8, 4) is 0 Å². The topological polar surface area (TPSA) is 49.2 Å². The fourth-order valence-corrected chi connectivity index (χ4v) is 2.62. The molecule has 1 aliphatic heterocycles. The Kier molecular flexibility index (Phi) is 3.33. The second-order valence-corrected chi connectivity index (χ2v) is 5.29. The molecule has 1 fully saturated rings. The molecule has 2 rings (SSSR count). The fourth-order valence-electron chi connectivity index (χ4n) is 2.17. The van der Waals surface area contributed by atoms with Gasteiger partial charge in [0.25, 0.3) is 0 Å². The maximum absolute atomic E-state index is 9.34. The third-order valence-corrected chi connectivity index (χ3v) is 3.59. The van der Waals surface area contributed by atoms with Crippen LogP contribution in [0.25, 0.3) is 0 Å². The van der Waals surface area contributed by atoms with Crippen LogP contribution in [-0.2, 0) is 6.54 Å². The molecule has 0 spiro atoms. The van der Waals surface area contributed by atoms with Gasteiger partial charge in [0.15, 0.2) is 0 Å². The van der Waals surface area contributed by atoms with Gasteiger partial charge in [-0.3, -0.25) is 4.90 Å². The second-order valence-electron chi connectivity index (χ2n) is 4.68. The minimum atomic E-state index is 0.0711. The molecule has 1 aromatic rings. The number of likely N-dealkylation sites (tertiary alicyclic amines) is 1. The summed E-state index contributed by atoms with van der Waals surface area (Å²) in [5.41, 5.74) is 1.11. The molecule has 1 unspecified atom stereocenters. The van der Waals surface area contributed by atoms with Crippen LogP contribution in [-0.4, -0.2) is 39.3 Å². The molecule has 84 valence electrons. The normalized spacial score (nSPS) is 28.1. The van der Waals surface area contributed by atoms with Gasteiger partial charge in [-0.15, -0.1) is 5.10 Å². The first-order chi connectivity index (χ1) is 7.22. The molecule has 0 amide bonds. The Morgan fingerprint density at radius 2 is 2.53 bits per heavy atom. The van der Waals surface area contributed by atoms with Gasteiger partial charge < -0.3 is 5.11 Å². The highest BCUT2D eigenvalue weighted by Crippen LogP contribution is 2.29. The highest BCUT2D eigenvalue weighted by Gasteiger charge is 2.30. The molecule has 0 saturated carbocycles. The van der Waals surface area contributed by atoms with Gasteiger partial charge in [-0.2, -0.15) is 0 Å². The predicted molar refractivity (Wildman–Crippen MR) is 59.6 cm³/mol. The maximum atomic E-state index is 9.34. The molecule has 0 bridgehead atoms. The lowest BCUT2D eigenvalue weighted by Gasteiger charge is -2.38. The second kappa shape index (κ2) is 4.55. The summed E-state index contributed by atoms with van der Waals surface area (Å²) in [5, 5.41) is 15.4. The summed E-state index contributed by atoms with van der Waals surface area (Å²) < 4.78 is 3.86. The minimum Gasteiger partial charge on any atom is -0.396 e. The highest BCUT2D eigenvalue weighted by molar-refractivity contribution is 7.03. The van der Waals surface area contributed by atoms with E-state index >= 15 is 0 Å². The average Bonchev–Trinajstić information content (AvgIpc) is 2.71. The molecule has 4 nitrogen and oxygen atoms in total. The number of aliphatic hydroxyl groups excluding tert-OH is 1. The number of piperidine rings is 1. The maximum Gasteiger partial charge on any atom is 0.0895 e. The molecule has 15 heavy (non-hydrogen) atoms. The number of hydrogen-bond acceptors (Lipinski definition) is 5. The van der Waals surface area contributed by atoms with Gasteiger partial charge in [0.2, 0.25) is 0 Å². The van der Waals surface area contributed by atoms with Crippen molar-refractivity contribution < 1.29 is 5.11 Å². The van der Waals surface area contributed by atoms with E-state index in [0.717, 1.165) is 38.2 Å². The molecule has 5 heteroatoms. The number of aliphatic hydroxyl groups is 1. The van der Waals surface area contributed by atoms with E-state index in [1.54, 1.807) is 0 Å². The van der Waals surface area contributed by atoms with Gasteiger partial charge in [-0.05, 0) is 30.9 Å². The van der Waals surface area contributed by atoms with Gasteiger partial charge in [-0.1, -0.05) is 11.4 Å². The van der Waals surface area contributed by atoms with Gasteiger partial charge in [0.1, 0.15) is 0 Å². The molecule has 2 heterocycles. The first-order valence-corrected chi connectivity index (χ1v) is 6.15. The van der Waals surface area contributed by atoms with Crippen molar-refractivity contribution in [2.45, 2.75) is 26.3 Å². The third-order valence-electron chi connectivity index (χ3n) is 3.03. The Morgan fingerprint density at radius 3 is 3.20 bits per heavy atom. The lowest BCUT2D eigenvalue weighted by molar-refractivity contribution is 0.0423. The van der Waals surface area contributed by atoms with Crippen LogP contribution in [0.1, 0.15) is 25.5 Å². The van der Waals surface area contributed by atoms with Gasteiger partial charge in [0, 0.05) is 30.5 Å². The minimum absolute atomic E-state index is 0.0711. The summed E-state index contributed by atoms with van der Waals surface area (Å²) in [6.07, 6.45) is 2.28. The van der Waals surface area contributed by atoms with Crippen LogP contribution < -0.4 is 0 Å². The van der Waals surface area contributed by atoms with Crippen molar-refractivity contribution in [3.63, 3.8) is 0 Å².